The average Bonchev–Trinajstić information content (AvgIpc) is 2.16. The highest BCUT2D eigenvalue weighted by Crippen LogP contribution is 2.26. The van der Waals surface area contributed by atoms with Crippen LogP contribution >= 0.6 is 0 Å². The second-order valence-electron chi connectivity index (χ2n) is 2.46. The van der Waals surface area contributed by atoms with Crippen molar-refractivity contribution in [1.82, 2.24) is 4.98 Å². The van der Waals surface area contributed by atoms with Gasteiger partial charge in [0, 0.05) is 0 Å². The molecule has 1 aromatic rings. The first-order valence-corrected chi connectivity index (χ1v) is 3.59. The summed E-state index contributed by atoms with van der Waals surface area (Å²) in [6, 6.07) is 1.31. The summed E-state index contributed by atoms with van der Waals surface area (Å²) in [5.41, 5.74) is -3.14. The highest BCUT2D eigenvalue weighted by atomic mass is 19.3. The number of hydrogen-bond acceptors (Lipinski definition) is 3. The predicted molar refractivity (Wildman–Crippen MR) is 40.8 cm³/mol. The monoisotopic (exact) mass is 216 g/mol. The van der Waals surface area contributed by atoms with Crippen LogP contribution in [0.2, 0.25) is 0 Å². The molecule has 0 aliphatic heterocycles. The first-order valence-electron chi connectivity index (χ1n) is 3.59. The Morgan fingerprint density at radius 1 is 1.60 bits per heavy atom. The maximum Gasteiger partial charge on any atom is 0.339 e. The summed E-state index contributed by atoms with van der Waals surface area (Å²) in [4.78, 5) is 13.7. The lowest BCUT2D eigenvalue weighted by Crippen LogP contribution is -2.10. The predicted octanol–water partition coefficient (Wildman–Crippen LogP) is 1.73. The van der Waals surface area contributed by atoms with Crippen LogP contribution in [-0.4, -0.2) is 16.1 Å². The number of nitrogens with zero attached hydrogens (tertiary/aromatic N) is 2. The minimum atomic E-state index is -3.31. The molecule has 15 heavy (non-hydrogen) atoms. The van der Waals surface area contributed by atoms with Crippen molar-refractivity contribution in [3.05, 3.63) is 28.8 Å². The molecular formula is C8H3F3N2O2. The standard InChI is InChI=1S/C8H3F3N2O2/c9-3-2-13-4(1-12)6(8(14)15)5(3)7(10)11/h2,7H,(H,14,15). The number of rotatable bonds is 2. The lowest BCUT2D eigenvalue weighted by Gasteiger charge is -2.06. The Balaban J connectivity index is 3.60. The van der Waals surface area contributed by atoms with Crippen LogP contribution in [0.25, 0.3) is 0 Å². The fourth-order valence-electron chi connectivity index (χ4n) is 1.02. The highest BCUT2D eigenvalue weighted by Gasteiger charge is 2.26. The van der Waals surface area contributed by atoms with Crippen LogP contribution in [0.15, 0.2) is 6.20 Å². The number of hydrogen-bond donors (Lipinski definition) is 1. The van der Waals surface area contributed by atoms with Gasteiger partial charge in [-0.25, -0.2) is 22.9 Å². The van der Waals surface area contributed by atoms with Gasteiger partial charge < -0.3 is 5.11 Å². The third-order valence-electron chi connectivity index (χ3n) is 1.61. The zero-order valence-electron chi connectivity index (χ0n) is 7.04. The molecule has 0 radical (unpaired) electrons. The van der Waals surface area contributed by atoms with E-state index < -0.39 is 35.0 Å². The van der Waals surface area contributed by atoms with E-state index in [0.29, 0.717) is 6.20 Å². The van der Waals surface area contributed by atoms with Crippen molar-refractivity contribution in [2.24, 2.45) is 0 Å². The lowest BCUT2D eigenvalue weighted by atomic mass is 10.1. The second-order valence-corrected chi connectivity index (χ2v) is 2.46. The molecule has 0 saturated heterocycles. The molecule has 0 atom stereocenters. The molecule has 1 rings (SSSR count). The highest BCUT2D eigenvalue weighted by molar-refractivity contribution is 5.91. The van der Waals surface area contributed by atoms with E-state index in [1.54, 1.807) is 0 Å². The maximum atomic E-state index is 12.9. The molecule has 0 aliphatic carbocycles. The van der Waals surface area contributed by atoms with Crippen LogP contribution in [0.3, 0.4) is 0 Å². The molecule has 7 heteroatoms. The molecule has 0 bridgehead atoms. The van der Waals surface area contributed by atoms with E-state index in [-0.39, 0.29) is 0 Å². The second kappa shape index (κ2) is 3.96. The van der Waals surface area contributed by atoms with Gasteiger partial charge in [0.15, 0.2) is 11.5 Å². The molecule has 0 fully saturated rings. The van der Waals surface area contributed by atoms with Crippen molar-refractivity contribution >= 4 is 5.97 Å². The largest absolute Gasteiger partial charge is 0.478 e. The number of nitriles is 1. The third-order valence-corrected chi connectivity index (χ3v) is 1.61. The van der Waals surface area contributed by atoms with E-state index in [0.717, 1.165) is 0 Å². The van der Waals surface area contributed by atoms with E-state index in [9.17, 15) is 18.0 Å². The molecule has 78 valence electrons. The quantitative estimate of drug-likeness (QED) is 0.816. The lowest BCUT2D eigenvalue weighted by molar-refractivity contribution is 0.0681. The van der Waals surface area contributed by atoms with Crippen molar-refractivity contribution in [3.63, 3.8) is 0 Å². The van der Waals surface area contributed by atoms with E-state index in [1.807, 2.05) is 0 Å². The summed E-state index contributed by atoms with van der Waals surface area (Å²) in [5, 5.41) is 17.0. The minimum absolute atomic E-state index is 0.395. The number of carbonyl (C=O) groups is 1. The van der Waals surface area contributed by atoms with Crippen LogP contribution in [0, 0.1) is 17.1 Å². The van der Waals surface area contributed by atoms with Gasteiger partial charge in [0.2, 0.25) is 0 Å². The Hall–Kier alpha value is -2.10. The van der Waals surface area contributed by atoms with Crippen LogP contribution in [0.5, 0.6) is 0 Å². The normalized spacial score (nSPS) is 10.1. The van der Waals surface area contributed by atoms with E-state index in [1.165, 1.54) is 6.07 Å². The number of alkyl halides is 2. The van der Waals surface area contributed by atoms with Gasteiger partial charge in [-0.3, -0.25) is 0 Å². The van der Waals surface area contributed by atoms with E-state index in [4.69, 9.17) is 10.4 Å². The Kier molecular flexibility index (Phi) is 2.90. The number of carboxylic acids is 1. The van der Waals surface area contributed by atoms with Gasteiger partial charge in [0.05, 0.1) is 11.8 Å². The number of aromatic carboxylic acids is 1. The number of halogens is 3. The van der Waals surface area contributed by atoms with Gasteiger partial charge in [-0.15, -0.1) is 0 Å². The summed E-state index contributed by atoms with van der Waals surface area (Å²) in [6.07, 6.45) is -2.92. The number of pyridine rings is 1. The van der Waals surface area contributed by atoms with Crippen molar-refractivity contribution in [2.45, 2.75) is 6.43 Å². The van der Waals surface area contributed by atoms with E-state index in [2.05, 4.69) is 4.98 Å². The molecule has 0 aromatic carbocycles. The van der Waals surface area contributed by atoms with Crippen molar-refractivity contribution in [2.75, 3.05) is 0 Å². The topological polar surface area (TPSA) is 74.0 Å². The Bertz CT molecular complexity index is 454. The summed E-state index contributed by atoms with van der Waals surface area (Å²) in [6.45, 7) is 0. The SMILES string of the molecule is N#Cc1ncc(F)c(C(F)F)c1C(=O)O. The number of aromatic nitrogens is 1. The first kappa shape index (κ1) is 11.0. The molecular weight excluding hydrogens is 213 g/mol. The van der Waals surface area contributed by atoms with Crippen molar-refractivity contribution in [3.8, 4) is 6.07 Å². The van der Waals surface area contributed by atoms with Gasteiger partial charge in [-0.1, -0.05) is 0 Å². The average molecular weight is 216 g/mol. The van der Waals surface area contributed by atoms with Crippen LogP contribution in [-0.2, 0) is 0 Å². The van der Waals surface area contributed by atoms with Crippen molar-refractivity contribution < 1.29 is 23.1 Å². The molecule has 0 unspecified atom stereocenters. The van der Waals surface area contributed by atoms with Gasteiger partial charge in [-0.05, 0) is 0 Å². The van der Waals surface area contributed by atoms with Gasteiger partial charge in [0.1, 0.15) is 11.6 Å². The Morgan fingerprint density at radius 2 is 2.20 bits per heavy atom. The maximum absolute atomic E-state index is 12.9. The zero-order valence-corrected chi connectivity index (χ0v) is 7.04. The van der Waals surface area contributed by atoms with Crippen LogP contribution < -0.4 is 0 Å². The van der Waals surface area contributed by atoms with Gasteiger partial charge in [-0.2, -0.15) is 5.26 Å². The number of carboxylic acid groups (broad SMARTS) is 1. The fraction of sp³-hybridized carbons (Fsp3) is 0.125. The van der Waals surface area contributed by atoms with Crippen LogP contribution in [0.1, 0.15) is 28.0 Å². The van der Waals surface area contributed by atoms with Gasteiger partial charge >= 0.3 is 5.97 Å². The molecule has 0 aliphatic rings. The molecule has 0 saturated carbocycles. The smallest absolute Gasteiger partial charge is 0.339 e. The zero-order chi connectivity index (χ0) is 11.6. The summed E-state index contributed by atoms with van der Waals surface area (Å²) < 4.78 is 37.5. The molecule has 1 N–H and O–H groups in total. The molecule has 0 amide bonds. The Morgan fingerprint density at radius 3 is 2.60 bits per heavy atom. The first-order chi connectivity index (χ1) is 6.99. The molecule has 1 heterocycles. The van der Waals surface area contributed by atoms with Crippen molar-refractivity contribution in [1.29, 1.82) is 5.26 Å². The Labute approximate surface area is 81.6 Å². The van der Waals surface area contributed by atoms with Crippen LogP contribution in [0.4, 0.5) is 13.2 Å². The fourth-order valence-corrected chi connectivity index (χ4v) is 1.02. The van der Waals surface area contributed by atoms with Gasteiger partial charge in [0.25, 0.3) is 6.43 Å². The summed E-state index contributed by atoms with van der Waals surface area (Å²) in [7, 11) is 0. The molecule has 4 nitrogen and oxygen atoms in total. The summed E-state index contributed by atoms with van der Waals surface area (Å²) in [5.74, 6) is -3.25. The minimum Gasteiger partial charge on any atom is -0.478 e. The molecule has 0 spiro atoms. The van der Waals surface area contributed by atoms with E-state index >= 15 is 0 Å². The third kappa shape index (κ3) is 1.88. The molecule has 1 aromatic heterocycles. The summed E-state index contributed by atoms with van der Waals surface area (Å²) >= 11 is 0.